The number of hydrogen-bond donors (Lipinski definition) is 1. The number of rotatable bonds is 7. The van der Waals surface area contributed by atoms with Crippen LogP contribution in [0.1, 0.15) is 44.3 Å². The third-order valence-corrected chi connectivity index (χ3v) is 5.93. The number of thioether (sulfide) groups is 1. The van der Waals surface area contributed by atoms with Crippen LogP contribution in [-0.2, 0) is 18.3 Å². The minimum atomic E-state index is -0.436. The number of benzene rings is 1. The van der Waals surface area contributed by atoms with Gasteiger partial charge in [0.1, 0.15) is 11.6 Å². The summed E-state index contributed by atoms with van der Waals surface area (Å²) in [5.41, 5.74) is 0.198. The predicted octanol–water partition coefficient (Wildman–Crippen LogP) is 4.20. The first-order chi connectivity index (χ1) is 12.6. The Bertz CT molecular complexity index is 743. The van der Waals surface area contributed by atoms with Crippen molar-refractivity contribution in [2.45, 2.75) is 50.1 Å². The van der Waals surface area contributed by atoms with E-state index in [0.29, 0.717) is 5.16 Å². The number of hydrogen-bond acceptors (Lipinski definition) is 4. The second-order valence-corrected chi connectivity index (χ2v) is 7.76. The van der Waals surface area contributed by atoms with Crippen molar-refractivity contribution in [3.63, 3.8) is 0 Å². The average Bonchev–Trinajstić information content (AvgIpc) is 3.01. The third kappa shape index (κ3) is 5.06. The molecule has 1 heterocycles. The molecule has 0 unspecified atom stereocenters. The lowest BCUT2D eigenvalue weighted by Crippen LogP contribution is -2.15. The van der Waals surface area contributed by atoms with Gasteiger partial charge in [0.15, 0.2) is 5.16 Å². The van der Waals surface area contributed by atoms with Gasteiger partial charge in [-0.25, -0.2) is 4.39 Å². The van der Waals surface area contributed by atoms with E-state index >= 15 is 0 Å². The van der Waals surface area contributed by atoms with E-state index in [1.54, 1.807) is 18.2 Å². The van der Waals surface area contributed by atoms with E-state index in [1.165, 1.54) is 49.9 Å². The summed E-state index contributed by atoms with van der Waals surface area (Å²) in [4.78, 5) is 12.0. The van der Waals surface area contributed by atoms with Crippen LogP contribution in [0, 0.1) is 11.7 Å². The van der Waals surface area contributed by atoms with E-state index in [2.05, 4.69) is 15.5 Å². The maximum absolute atomic E-state index is 13.6. The summed E-state index contributed by atoms with van der Waals surface area (Å²) in [7, 11) is 1.94. The number of anilines is 1. The summed E-state index contributed by atoms with van der Waals surface area (Å²) >= 11 is 1.32. The Morgan fingerprint density at radius 1 is 1.27 bits per heavy atom. The van der Waals surface area contributed by atoms with E-state index in [1.807, 2.05) is 11.6 Å². The van der Waals surface area contributed by atoms with Crippen LogP contribution in [0.25, 0.3) is 0 Å². The largest absolute Gasteiger partial charge is 0.323 e. The van der Waals surface area contributed by atoms with Gasteiger partial charge < -0.3 is 9.88 Å². The SMILES string of the molecule is Cn1c(CCC2CCCCC2)nnc1SCC(=O)Nc1ccccc1F. The molecule has 3 rings (SSSR count). The van der Waals surface area contributed by atoms with Crippen molar-refractivity contribution in [2.24, 2.45) is 13.0 Å². The van der Waals surface area contributed by atoms with Gasteiger partial charge in [-0.15, -0.1) is 10.2 Å². The van der Waals surface area contributed by atoms with E-state index in [4.69, 9.17) is 0 Å². The Balaban J connectivity index is 1.48. The molecule has 0 spiro atoms. The van der Waals surface area contributed by atoms with Gasteiger partial charge in [-0.1, -0.05) is 56.0 Å². The van der Waals surface area contributed by atoms with Crippen molar-refractivity contribution in [1.29, 1.82) is 0 Å². The number of nitrogens with zero attached hydrogens (tertiary/aromatic N) is 3. The molecule has 5 nitrogen and oxygen atoms in total. The summed E-state index contributed by atoms with van der Waals surface area (Å²) in [6.07, 6.45) is 8.81. The molecule has 0 atom stereocenters. The Morgan fingerprint density at radius 3 is 2.81 bits per heavy atom. The summed E-state index contributed by atoms with van der Waals surface area (Å²) < 4.78 is 15.5. The highest BCUT2D eigenvalue weighted by Crippen LogP contribution is 2.27. The topological polar surface area (TPSA) is 59.8 Å². The fourth-order valence-corrected chi connectivity index (χ4v) is 4.11. The van der Waals surface area contributed by atoms with Crippen molar-refractivity contribution >= 4 is 23.4 Å². The van der Waals surface area contributed by atoms with E-state index in [0.717, 1.165) is 24.6 Å². The highest BCUT2D eigenvalue weighted by atomic mass is 32.2. The zero-order valence-corrected chi connectivity index (χ0v) is 15.9. The van der Waals surface area contributed by atoms with Crippen LogP contribution >= 0.6 is 11.8 Å². The van der Waals surface area contributed by atoms with Gasteiger partial charge in [0, 0.05) is 13.5 Å². The molecule has 0 aliphatic heterocycles. The molecule has 0 radical (unpaired) electrons. The summed E-state index contributed by atoms with van der Waals surface area (Å²) in [5, 5.41) is 11.8. The number of nitrogens with one attached hydrogen (secondary N) is 1. The van der Waals surface area contributed by atoms with E-state index in [9.17, 15) is 9.18 Å². The number of carbonyl (C=O) groups is 1. The molecule has 0 saturated heterocycles. The minimum Gasteiger partial charge on any atom is -0.323 e. The Kier molecular flexibility index (Phi) is 6.66. The van der Waals surface area contributed by atoms with Crippen LogP contribution < -0.4 is 5.32 Å². The molecular weight excluding hydrogens is 351 g/mol. The molecule has 1 aromatic heterocycles. The second kappa shape index (κ2) is 9.16. The van der Waals surface area contributed by atoms with Crippen LogP contribution in [0.4, 0.5) is 10.1 Å². The fraction of sp³-hybridized carbons (Fsp3) is 0.526. The number of aryl methyl sites for hydroxylation is 1. The number of aromatic nitrogens is 3. The first kappa shape index (κ1) is 18.9. The molecule has 0 bridgehead atoms. The lowest BCUT2D eigenvalue weighted by Gasteiger charge is -2.20. The summed E-state index contributed by atoms with van der Waals surface area (Å²) in [5.74, 6) is 1.25. The third-order valence-electron chi connectivity index (χ3n) is 4.91. The number of para-hydroxylation sites is 1. The van der Waals surface area contributed by atoms with Crippen LogP contribution in [0.5, 0.6) is 0 Å². The lowest BCUT2D eigenvalue weighted by atomic mass is 9.86. The van der Waals surface area contributed by atoms with Gasteiger partial charge in [-0.3, -0.25) is 4.79 Å². The molecule has 1 fully saturated rings. The van der Waals surface area contributed by atoms with Gasteiger partial charge in [-0.2, -0.15) is 0 Å². The molecule has 26 heavy (non-hydrogen) atoms. The zero-order valence-electron chi connectivity index (χ0n) is 15.1. The average molecular weight is 377 g/mol. The maximum atomic E-state index is 13.6. The lowest BCUT2D eigenvalue weighted by molar-refractivity contribution is -0.113. The number of carbonyl (C=O) groups excluding carboxylic acids is 1. The molecule has 1 amide bonds. The van der Waals surface area contributed by atoms with Crippen LogP contribution in [0.3, 0.4) is 0 Å². The second-order valence-electron chi connectivity index (χ2n) is 6.82. The monoisotopic (exact) mass is 376 g/mol. The van der Waals surface area contributed by atoms with Crippen molar-refractivity contribution in [3.05, 3.63) is 35.9 Å². The molecule has 1 aromatic carbocycles. The van der Waals surface area contributed by atoms with Crippen molar-refractivity contribution in [3.8, 4) is 0 Å². The van der Waals surface area contributed by atoms with Crippen LogP contribution in [-0.4, -0.2) is 26.4 Å². The van der Waals surface area contributed by atoms with Crippen molar-refractivity contribution < 1.29 is 9.18 Å². The highest BCUT2D eigenvalue weighted by molar-refractivity contribution is 7.99. The van der Waals surface area contributed by atoms with Gasteiger partial charge in [-0.05, 0) is 24.5 Å². The summed E-state index contributed by atoms with van der Waals surface area (Å²) in [6.45, 7) is 0. The quantitative estimate of drug-likeness (QED) is 0.736. The minimum absolute atomic E-state index is 0.170. The van der Waals surface area contributed by atoms with Gasteiger partial charge in [0.25, 0.3) is 0 Å². The van der Waals surface area contributed by atoms with Crippen molar-refractivity contribution in [2.75, 3.05) is 11.1 Å². The maximum Gasteiger partial charge on any atom is 0.234 e. The van der Waals surface area contributed by atoms with Crippen molar-refractivity contribution in [1.82, 2.24) is 14.8 Å². The van der Waals surface area contributed by atoms with E-state index in [-0.39, 0.29) is 17.3 Å². The van der Waals surface area contributed by atoms with Gasteiger partial charge >= 0.3 is 0 Å². The smallest absolute Gasteiger partial charge is 0.234 e. The Labute approximate surface area is 157 Å². The Hall–Kier alpha value is -1.89. The molecule has 1 saturated carbocycles. The van der Waals surface area contributed by atoms with Crippen LogP contribution in [0.2, 0.25) is 0 Å². The highest BCUT2D eigenvalue weighted by Gasteiger charge is 2.16. The standard InChI is InChI=1S/C19H25FN4OS/c1-24-17(12-11-14-7-3-2-4-8-14)22-23-19(24)26-13-18(25)21-16-10-6-5-9-15(16)20/h5-6,9-10,14H,2-4,7-8,11-13H2,1H3,(H,21,25). The first-order valence-corrected chi connectivity index (χ1v) is 10.2. The number of halogens is 1. The summed E-state index contributed by atoms with van der Waals surface area (Å²) in [6, 6.07) is 6.15. The van der Waals surface area contributed by atoms with E-state index < -0.39 is 5.82 Å². The molecule has 1 aliphatic carbocycles. The van der Waals surface area contributed by atoms with Crippen LogP contribution in [0.15, 0.2) is 29.4 Å². The fourth-order valence-electron chi connectivity index (χ4n) is 3.38. The normalized spacial score (nSPS) is 15.2. The Morgan fingerprint density at radius 2 is 2.04 bits per heavy atom. The predicted molar refractivity (Wildman–Crippen MR) is 102 cm³/mol. The molecule has 1 N–H and O–H groups in total. The molecular formula is C19H25FN4OS. The molecule has 7 heteroatoms. The molecule has 2 aromatic rings. The zero-order chi connectivity index (χ0) is 18.4. The van der Waals surface area contributed by atoms with Gasteiger partial charge in [0.05, 0.1) is 11.4 Å². The first-order valence-electron chi connectivity index (χ1n) is 9.19. The number of amides is 1. The molecule has 1 aliphatic rings. The molecule has 140 valence electrons. The van der Waals surface area contributed by atoms with Gasteiger partial charge in [0.2, 0.25) is 5.91 Å².